The van der Waals surface area contributed by atoms with E-state index in [-0.39, 0.29) is 11.9 Å². The van der Waals surface area contributed by atoms with Crippen molar-refractivity contribution < 1.29 is 4.79 Å². The first-order valence-corrected chi connectivity index (χ1v) is 5.61. The Kier molecular flexibility index (Phi) is 4.62. The summed E-state index contributed by atoms with van der Waals surface area (Å²) in [5, 5.41) is 10.1. The van der Waals surface area contributed by atoms with Gasteiger partial charge in [-0.05, 0) is 29.3 Å². The third kappa shape index (κ3) is 3.89. The highest BCUT2D eigenvalue weighted by Gasteiger charge is 2.06. The zero-order valence-corrected chi connectivity index (χ0v) is 9.36. The second kappa shape index (κ2) is 5.78. The third-order valence-electron chi connectivity index (χ3n) is 2.01. The molecule has 0 aliphatic heterocycles. The van der Waals surface area contributed by atoms with Crippen LogP contribution in [0.3, 0.4) is 0 Å². The van der Waals surface area contributed by atoms with Gasteiger partial charge in [0.2, 0.25) is 5.91 Å². The Labute approximate surface area is 88.5 Å². The topological polar surface area (TPSA) is 41.1 Å². The van der Waals surface area contributed by atoms with Gasteiger partial charge in [0.1, 0.15) is 0 Å². The number of rotatable bonds is 5. The van der Waals surface area contributed by atoms with Gasteiger partial charge in [-0.1, -0.05) is 0 Å². The van der Waals surface area contributed by atoms with Crippen LogP contribution in [0.1, 0.15) is 18.9 Å². The van der Waals surface area contributed by atoms with Gasteiger partial charge in [0.05, 0.1) is 0 Å². The molecule has 78 valence electrons. The minimum Gasteiger partial charge on any atom is -0.359 e. The summed E-state index contributed by atoms with van der Waals surface area (Å²) in [5.74, 6) is 0.0790. The first kappa shape index (κ1) is 11.2. The van der Waals surface area contributed by atoms with E-state index in [0.717, 1.165) is 6.54 Å². The van der Waals surface area contributed by atoms with Crippen molar-refractivity contribution in [3.63, 3.8) is 0 Å². The summed E-state index contributed by atoms with van der Waals surface area (Å²) < 4.78 is 0. The average Bonchev–Trinajstić information content (AvgIpc) is 2.67. The quantitative estimate of drug-likeness (QED) is 0.774. The Bertz CT molecular complexity index is 272. The standard InChI is InChI=1S/C10H16N2OS/c1-8(5-10(13)11-2)12-6-9-3-4-14-7-9/h3-4,7-8,12H,5-6H2,1-2H3,(H,11,13). The van der Waals surface area contributed by atoms with Crippen LogP contribution in [0.5, 0.6) is 0 Å². The smallest absolute Gasteiger partial charge is 0.221 e. The summed E-state index contributed by atoms with van der Waals surface area (Å²) in [5.41, 5.74) is 1.28. The molecule has 2 N–H and O–H groups in total. The van der Waals surface area contributed by atoms with Gasteiger partial charge in [0, 0.05) is 26.1 Å². The van der Waals surface area contributed by atoms with Crippen molar-refractivity contribution in [3.8, 4) is 0 Å². The van der Waals surface area contributed by atoms with Crippen molar-refractivity contribution in [3.05, 3.63) is 22.4 Å². The Hall–Kier alpha value is -0.870. The SMILES string of the molecule is CNC(=O)CC(C)NCc1ccsc1. The molecule has 0 radical (unpaired) electrons. The van der Waals surface area contributed by atoms with Crippen LogP contribution in [0.4, 0.5) is 0 Å². The van der Waals surface area contributed by atoms with Crippen LogP contribution in [-0.4, -0.2) is 19.0 Å². The number of amides is 1. The first-order valence-electron chi connectivity index (χ1n) is 4.67. The lowest BCUT2D eigenvalue weighted by Gasteiger charge is -2.11. The molecule has 1 heterocycles. The predicted octanol–water partition coefficient (Wildman–Crippen LogP) is 1.36. The summed E-state index contributed by atoms with van der Waals surface area (Å²) in [6, 6.07) is 2.31. The fourth-order valence-corrected chi connectivity index (χ4v) is 1.81. The molecule has 1 atom stereocenters. The first-order chi connectivity index (χ1) is 6.72. The molecule has 1 aromatic rings. The van der Waals surface area contributed by atoms with E-state index in [9.17, 15) is 4.79 Å². The van der Waals surface area contributed by atoms with E-state index in [2.05, 4.69) is 27.5 Å². The normalized spacial score (nSPS) is 12.4. The number of hydrogen-bond acceptors (Lipinski definition) is 3. The predicted molar refractivity (Wildman–Crippen MR) is 59.3 cm³/mol. The largest absolute Gasteiger partial charge is 0.359 e. The van der Waals surface area contributed by atoms with Crippen molar-refractivity contribution in [1.29, 1.82) is 0 Å². The van der Waals surface area contributed by atoms with Gasteiger partial charge in [-0.2, -0.15) is 11.3 Å². The second-order valence-corrected chi connectivity index (χ2v) is 4.07. The minimum absolute atomic E-state index is 0.0790. The molecule has 0 fully saturated rings. The Morgan fingerprint density at radius 1 is 1.64 bits per heavy atom. The molecule has 1 rings (SSSR count). The molecule has 14 heavy (non-hydrogen) atoms. The van der Waals surface area contributed by atoms with Gasteiger partial charge in [-0.25, -0.2) is 0 Å². The zero-order valence-electron chi connectivity index (χ0n) is 8.54. The summed E-state index contributed by atoms with van der Waals surface area (Å²) in [6.45, 7) is 2.85. The number of hydrogen-bond donors (Lipinski definition) is 2. The van der Waals surface area contributed by atoms with Crippen molar-refractivity contribution in [2.45, 2.75) is 25.9 Å². The summed E-state index contributed by atoms with van der Waals surface area (Å²) in [4.78, 5) is 11.0. The van der Waals surface area contributed by atoms with E-state index in [4.69, 9.17) is 0 Å². The highest BCUT2D eigenvalue weighted by Crippen LogP contribution is 2.05. The Balaban J connectivity index is 2.21. The lowest BCUT2D eigenvalue weighted by Crippen LogP contribution is -2.31. The molecule has 0 bridgehead atoms. The van der Waals surface area contributed by atoms with Gasteiger partial charge in [-0.3, -0.25) is 4.79 Å². The molecular weight excluding hydrogens is 196 g/mol. The van der Waals surface area contributed by atoms with Crippen LogP contribution >= 0.6 is 11.3 Å². The Morgan fingerprint density at radius 3 is 3.00 bits per heavy atom. The second-order valence-electron chi connectivity index (χ2n) is 3.29. The van der Waals surface area contributed by atoms with E-state index in [1.54, 1.807) is 18.4 Å². The van der Waals surface area contributed by atoms with Crippen LogP contribution in [0, 0.1) is 0 Å². The third-order valence-corrected chi connectivity index (χ3v) is 2.74. The van der Waals surface area contributed by atoms with E-state index in [0.29, 0.717) is 6.42 Å². The van der Waals surface area contributed by atoms with E-state index < -0.39 is 0 Å². The lowest BCUT2D eigenvalue weighted by atomic mass is 10.2. The van der Waals surface area contributed by atoms with Crippen molar-refractivity contribution in [1.82, 2.24) is 10.6 Å². The highest BCUT2D eigenvalue weighted by molar-refractivity contribution is 7.07. The molecule has 0 saturated carbocycles. The molecule has 0 aliphatic carbocycles. The van der Waals surface area contributed by atoms with Crippen molar-refractivity contribution >= 4 is 17.2 Å². The molecular formula is C10H16N2OS. The van der Waals surface area contributed by atoms with Crippen molar-refractivity contribution in [2.75, 3.05) is 7.05 Å². The minimum atomic E-state index is 0.0790. The van der Waals surface area contributed by atoms with Gasteiger partial charge in [0.15, 0.2) is 0 Å². The maximum absolute atomic E-state index is 11.0. The molecule has 3 nitrogen and oxygen atoms in total. The summed E-state index contributed by atoms with van der Waals surface area (Å²) >= 11 is 1.69. The molecule has 1 unspecified atom stereocenters. The van der Waals surface area contributed by atoms with Gasteiger partial charge in [0.25, 0.3) is 0 Å². The molecule has 0 aliphatic rings. The van der Waals surface area contributed by atoms with Crippen LogP contribution < -0.4 is 10.6 Å². The van der Waals surface area contributed by atoms with Gasteiger partial charge < -0.3 is 10.6 Å². The van der Waals surface area contributed by atoms with E-state index in [1.807, 2.05) is 6.92 Å². The maximum Gasteiger partial charge on any atom is 0.221 e. The molecule has 1 amide bonds. The van der Waals surface area contributed by atoms with Crippen LogP contribution in [-0.2, 0) is 11.3 Å². The number of nitrogens with one attached hydrogen (secondary N) is 2. The number of carbonyl (C=O) groups excluding carboxylic acids is 1. The number of thiophene rings is 1. The molecule has 0 aromatic carbocycles. The van der Waals surface area contributed by atoms with Crippen molar-refractivity contribution in [2.24, 2.45) is 0 Å². The van der Waals surface area contributed by atoms with Gasteiger partial charge in [-0.15, -0.1) is 0 Å². The summed E-state index contributed by atoms with van der Waals surface area (Å²) in [7, 11) is 1.66. The fourth-order valence-electron chi connectivity index (χ4n) is 1.14. The molecule has 0 saturated heterocycles. The van der Waals surface area contributed by atoms with Crippen LogP contribution in [0.15, 0.2) is 16.8 Å². The van der Waals surface area contributed by atoms with Gasteiger partial charge >= 0.3 is 0 Å². The van der Waals surface area contributed by atoms with Crippen LogP contribution in [0.25, 0.3) is 0 Å². The lowest BCUT2D eigenvalue weighted by molar-refractivity contribution is -0.121. The molecule has 1 aromatic heterocycles. The van der Waals surface area contributed by atoms with E-state index in [1.165, 1.54) is 5.56 Å². The zero-order chi connectivity index (χ0) is 10.4. The Morgan fingerprint density at radius 2 is 2.43 bits per heavy atom. The average molecular weight is 212 g/mol. The molecule has 0 spiro atoms. The molecule has 4 heteroatoms. The summed E-state index contributed by atoms with van der Waals surface area (Å²) in [6.07, 6.45) is 0.528. The van der Waals surface area contributed by atoms with E-state index >= 15 is 0 Å². The maximum atomic E-state index is 11.0. The number of carbonyl (C=O) groups is 1. The van der Waals surface area contributed by atoms with Crippen LogP contribution in [0.2, 0.25) is 0 Å². The highest BCUT2D eigenvalue weighted by atomic mass is 32.1. The monoisotopic (exact) mass is 212 g/mol. The fraction of sp³-hybridized carbons (Fsp3) is 0.500.